The van der Waals surface area contributed by atoms with E-state index in [1.54, 1.807) is 6.08 Å². The molecule has 4 nitrogen and oxygen atoms in total. The van der Waals surface area contributed by atoms with Gasteiger partial charge in [0, 0.05) is 13.0 Å². The van der Waals surface area contributed by atoms with Crippen LogP contribution in [0, 0.1) is 0 Å². The first kappa shape index (κ1) is 10.7. The van der Waals surface area contributed by atoms with Gasteiger partial charge in [-0.3, -0.25) is 9.59 Å². The lowest BCUT2D eigenvalue weighted by Gasteiger charge is -2.14. The average molecular weight is 171 g/mol. The fraction of sp³-hybridized carbons (Fsp3) is 0.500. The number of hydrogen-bond acceptors (Lipinski definition) is 2. The largest absolute Gasteiger partial charge is 0.481 e. The van der Waals surface area contributed by atoms with Crippen molar-refractivity contribution < 1.29 is 14.7 Å². The number of carboxylic acids is 1. The highest BCUT2D eigenvalue weighted by molar-refractivity contribution is 5.91. The Labute approximate surface area is 71.3 Å². The second-order valence-electron chi connectivity index (χ2n) is 3.06. The molecule has 2 N–H and O–H groups in total. The topological polar surface area (TPSA) is 66.4 Å². The Bertz CT molecular complexity index is 214. The van der Waals surface area contributed by atoms with Crippen LogP contribution in [-0.2, 0) is 9.59 Å². The van der Waals surface area contributed by atoms with Gasteiger partial charge in [0.15, 0.2) is 0 Å². The molecule has 0 spiro atoms. The lowest BCUT2D eigenvalue weighted by atomic mass is 10.1. The highest BCUT2D eigenvalue weighted by Gasteiger charge is 2.20. The third-order valence-corrected chi connectivity index (χ3v) is 1.10. The van der Waals surface area contributed by atoms with Crippen molar-refractivity contribution >= 4 is 11.9 Å². The summed E-state index contributed by atoms with van der Waals surface area (Å²) in [6.45, 7) is 4.99. The molecule has 0 saturated carbocycles. The lowest BCUT2D eigenvalue weighted by molar-refractivity contribution is -0.134. The monoisotopic (exact) mass is 171 g/mol. The van der Waals surface area contributed by atoms with E-state index in [2.05, 4.69) is 5.32 Å². The van der Waals surface area contributed by atoms with Crippen LogP contribution >= 0.6 is 0 Å². The van der Waals surface area contributed by atoms with Crippen LogP contribution in [0.25, 0.3) is 0 Å². The van der Waals surface area contributed by atoms with E-state index in [1.807, 2.05) is 19.9 Å². The number of carbonyl (C=O) groups is 2. The second kappa shape index (κ2) is 3.90. The summed E-state index contributed by atoms with van der Waals surface area (Å²) in [5.74, 6) is -0.824. The molecule has 1 aliphatic rings. The Morgan fingerprint density at radius 2 is 2.00 bits per heavy atom. The van der Waals surface area contributed by atoms with Crippen molar-refractivity contribution in [2.45, 2.75) is 26.3 Å². The second-order valence-corrected chi connectivity index (χ2v) is 3.06. The molecule has 0 fully saturated rings. The molecule has 0 radical (unpaired) electrons. The molecule has 0 unspecified atom stereocenters. The van der Waals surface area contributed by atoms with E-state index in [1.165, 1.54) is 0 Å². The van der Waals surface area contributed by atoms with E-state index in [9.17, 15) is 4.79 Å². The van der Waals surface area contributed by atoms with Crippen molar-refractivity contribution in [1.82, 2.24) is 5.32 Å². The zero-order chi connectivity index (χ0) is 9.78. The van der Waals surface area contributed by atoms with E-state index < -0.39 is 5.97 Å². The number of nitrogens with one attached hydrogen (secondary N) is 1. The standard InChI is InChI=1S/C6H9NO.C2H4O2/c1-6(2)4-3-5(8)7-6;1-2(3)4/h3-4H,1-2H3,(H,7,8);1H3,(H,3,4). The predicted molar refractivity (Wildman–Crippen MR) is 44.7 cm³/mol. The summed E-state index contributed by atoms with van der Waals surface area (Å²) in [6.07, 6.45) is 3.41. The van der Waals surface area contributed by atoms with Gasteiger partial charge in [0.25, 0.3) is 5.97 Å². The molecule has 1 rings (SSSR count). The van der Waals surface area contributed by atoms with Gasteiger partial charge in [-0.15, -0.1) is 0 Å². The quantitative estimate of drug-likeness (QED) is 0.559. The number of carboxylic acid groups (broad SMARTS) is 1. The van der Waals surface area contributed by atoms with E-state index in [0.717, 1.165) is 6.92 Å². The van der Waals surface area contributed by atoms with Gasteiger partial charge in [-0.25, -0.2) is 0 Å². The van der Waals surface area contributed by atoms with Crippen LogP contribution in [0.1, 0.15) is 20.8 Å². The number of carbonyl (C=O) groups excluding carboxylic acids is 1. The first-order valence-electron chi connectivity index (χ1n) is 3.54. The molecule has 4 heteroatoms. The third kappa shape index (κ3) is 5.46. The summed E-state index contributed by atoms with van der Waals surface area (Å²) in [5.41, 5.74) is -0.114. The summed E-state index contributed by atoms with van der Waals surface area (Å²) in [7, 11) is 0. The highest BCUT2D eigenvalue weighted by atomic mass is 16.4. The Morgan fingerprint density at radius 3 is 2.08 bits per heavy atom. The number of aliphatic carboxylic acids is 1. The smallest absolute Gasteiger partial charge is 0.300 e. The Morgan fingerprint density at radius 1 is 1.58 bits per heavy atom. The van der Waals surface area contributed by atoms with Crippen LogP contribution in [0.3, 0.4) is 0 Å². The van der Waals surface area contributed by atoms with Crippen molar-refractivity contribution in [2.75, 3.05) is 0 Å². The maximum absolute atomic E-state index is 10.5. The molecule has 0 atom stereocenters. The van der Waals surface area contributed by atoms with Gasteiger partial charge in [0.1, 0.15) is 0 Å². The lowest BCUT2D eigenvalue weighted by Crippen LogP contribution is -2.35. The summed E-state index contributed by atoms with van der Waals surface area (Å²) >= 11 is 0. The molecule has 1 aliphatic heterocycles. The minimum Gasteiger partial charge on any atom is -0.481 e. The molecular formula is C8H13NO3. The molecular weight excluding hydrogens is 158 g/mol. The molecule has 0 aromatic carbocycles. The average Bonchev–Trinajstić information content (AvgIpc) is 2.07. The minimum atomic E-state index is -0.833. The van der Waals surface area contributed by atoms with Gasteiger partial charge < -0.3 is 10.4 Å². The number of rotatable bonds is 0. The van der Waals surface area contributed by atoms with Crippen LogP contribution in [0.4, 0.5) is 0 Å². The Hall–Kier alpha value is -1.32. The van der Waals surface area contributed by atoms with Crippen molar-refractivity contribution in [3.8, 4) is 0 Å². The number of amides is 1. The maximum atomic E-state index is 10.5. The van der Waals surface area contributed by atoms with E-state index in [-0.39, 0.29) is 11.4 Å². The fourth-order valence-corrected chi connectivity index (χ4v) is 0.685. The van der Waals surface area contributed by atoms with Gasteiger partial charge in [-0.05, 0) is 13.8 Å². The molecule has 0 saturated heterocycles. The molecule has 1 amide bonds. The summed E-state index contributed by atoms with van der Waals surface area (Å²) in [4.78, 5) is 19.5. The van der Waals surface area contributed by atoms with Gasteiger partial charge in [0.2, 0.25) is 5.91 Å². The minimum absolute atomic E-state index is 0.00926. The van der Waals surface area contributed by atoms with Gasteiger partial charge in [0.05, 0.1) is 5.54 Å². The van der Waals surface area contributed by atoms with Crippen LogP contribution in [-0.4, -0.2) is 22.5 Å². The van der Waals surface area contributed by atoms with Crippen LogP contribution < -0.4 is 5.32 Å². The zero-order valence-electron chi connectivity index (χ0n) is 7.42. The molecule has 0 aliphatic carbocycles. The van der Waals surface area contributed by atoms with Gasteiger partial charge >= 0.3 is 0 Å². The molecule has 1 heterocycles. The van der Waals surface area contributed by atoms with Crippen LogP contribution in [0.5, 0.6) is 0 Å². The van der Waals surface area contributed by atoms with Crippen LogP contribution in [0.2, 0.25) is 0 Å². The Kier molecular flexibility index (Phi) is 3.47. The van der Waals surface area contributed by atoms with Crippen molar-refractivity contribution in [2.24, 2.45) is 0 Å². The maximum Gasteiger partial charge on any atom is 0.300 e. The highest BCUT2D eigenvalue weighted by Crippen LogP contribution is 2.08. The summed E-state index contributed by atoms with van der Waals surface area (Å²) in [5, 5.41) is 10.2. The zero-order valence-corrected chi connectivity index (χ0v) is 7.42. The third-order valence-electron chi connectivity index (χ3n) is 1.10. The van der Waals surface area contributed by atoms with Crippen molar-refractivity contribution in [3.63, 3.8) is 0 Å². The van der Waals surface area contributed by atoms with Crippen molar-refractivity contribution in [1.29, 1.82) is 0 Å². The summed E-state index contributed by atoms with van der Waals surface area (Å²) < 4.78 is 0. The Balaban J connectivity index is 0.000000261. The molecule has 0 aromatic rings. The van der Waals surface area contributed by atoms with E-state index in [0.29, 0.717) is 0 Å². The first-order chi connectivity index (χ1) is 5.33. The predicted octanol–water partition coefficient (Wildman–Crippen LogP) is 0.542. The van der Waals surface area contributed by atoms with Crippen LogP contribution in [0.15, 0.2) is 12.2 Å². The van der Waals surface area contributed by atoms with Crippen molar-refractivity contribution in [3.05, 3.63) is 12.2 Å². The molecule has 68 valence electrons. The van der Waals surface area contributed by atoms with Gasteiger partial charge in [-0.2, -0.15) is 0 Å². The van der Waals surface area contributed by atoms with E-state index >= 15 is 0 Å². The van der Waals surface area contributed by atoms with E-state index in [4.69, 9.17) is 9.90 Å². The number of hydrogen-bond donors (Lipinski definition) is 2. The first-order valence-corrected chi connectivity index (χ1v) is 3.54. The fourth-order valence-electron chi connectivity index (χ4n) is 0.685. The van der Waals surface area contributed by atoms with Gasteiger partial charge in [-0.1, -0.05) is 6.08 Å². The molecule has 0 bridgehead atoms. The normalized spacial score (nSPS) is 17.8. The molecule has 12 heavy (non-hydrogen) atoms. The summed E-state index contributed by atoms with van der Waals surface area (Å²) in [6, 6.07) is 0. The molecule has 0 aromatic heterocycles. The SMILES string of the molecule is CC(=O)O.CC1(C)C=CC(=O)N1.